The summed E-state index contributed by atoms with van der Waals surface area (Å²) in [4.78, 5) is 28.0. The Bertz CT molecular complexity index is 827. The van der Waals surface area contributed by atoms with Crippen LogP contribution in [0, 0.1) is 0 Å². The quantitative estimate of drug-likeness (QED) is 0.843. The van der Waals surface area contributed by atoms with Crippen LogP contribution >= 0.6 is 0 Å². The summed E-state index contributed by atoms with van der Waals surface area (Å²) in [5.74, 6) is -0.658. The Morgan fingerprint density at radius 2 is 1.85 bits per heavy atom. The number of amides is 1. The van der Waals surface area contributed by atoms with Crippen LogP contribution in [-0.2, 0) is 6.18 Å². The monoisotopic (exact) mass is 367 g/mol. The molecule has 2 N–H and O–H groups in total. The van der Waals surface area contributed by atoms with Gasteiger partial charge in [-0.3, -0.25) is 9.59 Å². The van der Waals surface area contributed by atoms with Crippen molar-refractivity contribution >= 4 is 17.3 Å². The number of aromatic amines is 1. The lowest BCUT2D eigenvalue weighted by Gasteiger charge is -2.27. The number of halogens is 3. The Labute approximate surface area is 148 Å². The third kappa shape index (κ3) is 4.44. The maximum absolute atomic E-state index is 12.7. The Balaban J connectivity index is 2.22. The molecular weight excluding hydrogens is 347 g/mol. The molecule has 0 fully saturated rings. The zero-order chi connectivity index (χ0) is 19.5. The van der Waals surface area contributed by atoms with E-state index in [1.807, 2.05) is 25.8 Å². The summed E-state index contributed by atoms with van der Waals surface area (Å²) in [5, 5.41) is 2.23. The second kappa shape index (κ2) is 7.63. The SMILES string of the molecule is CCN(c1ccc(C(=O)Nc2cc(C(F)(F)F)c[nH]c2=O)cc1)C(C)C. The zero-order valence-corrected chi connectivity index (χ0v) is 14.6. The number of alkyl halides is 3. The summed E-state index contributed by atoms with van der Waals surface area (Å²) < 4.78 is 38.2. The first-order chi connectivity index (χ1) is 12.1. The van der Waals surface area contributed by atoms with Gasteiger partial charge in [-0.2, -0.15) is 13.2 Å². The summed E-state index contributed by atoms with van der Waals surface area (Å²) in [6, 6.07) is 7.55. The molecule has 0 radical (unpaired) electrons. The molecule has 1 amide bonds. The van der Waals surface area contributed by atoms with E-state index in [4.69, 9.17) is 0 Å². The van der Waals surface area contributed by atoms with Crippen molar-refractivity contribution in [2.75, 3.05) is 16.8 Å². The maximum atomic E-state index is 12.7. The van der Waals surface area contributed by atoms with Crippen molar-refractivity contribution in [3.63, 3.8) is 0 Å². The third-order valence-corrected chi connectivity index (χ3v) is 3.90. The number of H-pyrrole nitrogens is 1. The van der Waals surface area contributed by atoms with Crippen LogP contribution in [0.2, 0.25) is 0 Å². The fourth-order valence-corrected chi connectivity index (χ4v) is 2.58. The fourth-order valence-electron chi connectivity index (χ4n) is 2.58. The average Bonchev–Trinajstić information content (AvgIpc) is 2.56. The standard InChI is InChI=1S/C18H20F3N3O2/c1-4-24(11(2)3)14-7-5-12(6-8-14)16(25)23-15-9-13(18(19,20)21)10-22-17(15)26/h5-11H,4H2,1-3H3,(H,22,26)(H,23,25). The molecule has 0 saturated heterocycles. The Kier molecular flexibility index (Phi) is 5.74. The van der Waals surface area contributed by atoms with Gasteiger partial charge in [0.15, 0.2) is 0 Å². The van der Waals surface area contributed by atoms with Crippen LogP contribution in [0.1, 0.15) is 36.7 Å². The molecular formula is C18H20F3N3O2. The maximum Gasteiger partial charge on any atom is 0.417 e. The highest BCUT2D eigenvalue weighted by Gasteiger charge is 2.31. The topological polar surface area (TPSA) is 65.2 Å². The van der Waals surface area contributed by atoms with Gasteiger partial charge in [0.1, 0.15) is 5.69 Å². The minimum Gasteiger partial charge on any atom is -0.369 e. The Morgan fingerprint density at radius 3 is 2.35 bits per heavy atom. The van der Waals surface area contributed by atoms with Crippen LogP contribution in [0.4, 0.5) is 24.5 Å². The molecule has 2 aromatic rings. The highest BCUT2D eigenvalue weighted by Crippen LogP contribution is 2.29. The second-order valence-electron chi connectivity index (χ2n) is 6.01. The predicted octanol–water partition coefficient (Wildman–Crippen LogP) is 3.88. The van der Waals surface area contributed by atoms with E-state index in [-0.39, 0.29) is 11.6 Å². The molecule has 0 atom stereocenters. The number of nitrogens with zero attached hydrogens (tertiary/aromatic N) is 1. The van der Waals surface area contributed by atoms with Gasteiger partial charge in [-0.25, -0.2) is 0 Å². The first-order valence-corrected chi connectivity index (χ1v) is 8.11. The Hall–Kier alpha value is -2.77. The Morgan fingerprint density at radius 1 is 1.23 bits per heavy atom. The van der Waals surface area contributed by atoms with Gasteiger partial charge in [0.2, 0.25) is 0 Å². The van der Waals surface area contributed by atoms with Gasteiger partial charge in [-0.05, 0) is 51.1 Å². The predicted molar refractivity (Wildman–Crippen MR) is 94.6 cm³/mol. The van der Waals surface area contributed by atoms with Crippen LogP contribution in [0.5, 0.6) is 0 Å². The number of rotatable bonds is 5. The van der Waals surface area contributed by atoms with E-state index in [0.717, 1.165) is 12.2 Å². The zero-order valence-electron chi connectivity index (χ0n) is 14.6. The molecule has 26 heavy (non-hydrogen) atoms. The smallest absolute Gasteiger partial charge is 0.369 e. The van der Waals surface area contributed by atoms with Crippen molar-refractivity contribution in [3.8, 4) is 0 Å². The molecule has 0 bridgehead atoms. The summed E-state index contributed by atoms with van der Waals surface area (Å²) >= 11 is 0. The summed E-state index contributed by atoms with van der Waals surface area (Å²) in [6.45, 7) is 6.90. The molecule has 5 nitrogen and oxygen atoms in total. The number of hydrogen-bond acceptors (Lipinski definition) is 3. The molecule has 0 aliphatic carbocycles. The minimum atomic E-state index is -4.62. The van der Waals surface area contributed by atoms with Crippen molar-refractivity contribution in [2.24, 2.45) is 0 Å². The number of carbonyl (C=O) groups excluding carboxylic acids is 1. The lowest BCUT2D eigenvalue weighted by atomic mass is 10.1. The lowest BCUT2D eigenvalue weighted by molar-refractivity contribution is -0.137. The van der Waals surface area contributed by atoms with Gasteiger partial charge >= 0.3 is 6.18 Å². The minimum absolute atomic E-state index is 0.241. The molecule has 0 aliphatic rings. The molecule has 0 aliphatic heterocycles. The van der Waals surface area contributed by atoms with Gasteiger partial charge in [0.25, 0.3) is 11.5 Å². The van der Waals surface area contributed by atoms with E-state index >= 15 is 0 Å². The van der Waals surface area contributed by atoms with Crippen LogP contribution in [0.15, 0.2) is 41.3 Å². The van der Waals surface area contributed by atoms with Crippen LogP contribution in [-0.4, -0.2) is 23.5 Å². The number of anilines is 2. The van der Waals surface area contributed by atoms with E-state index in [1.165, 1.54) is 0 Å². The molecule has 1 aromatic heterocycles. The van der Waals surface area contributed by atoms with Crippen LogP contribution < -0.4 is 15.8 Å². The van der Waals surface area contributed by atoms with Gasteiger partial charge in [0, 0.05) is 30.0 Å². The summed E-state index contributed by atoms with van der Waals surface area (Å²) in [7, 11) is 0. The van der Waals surface area contributed by atoms with E-state index in [2.05, 4.69) is 10.2 Å². The van der Waals surface area contributed by atoms with Crippen molar-refractivity contribution in [2.45, 2.75) is 33.0 Å². The molecule has 140 valence electrons. The second-order valence-corrected chi connectivity index (χ2v) is 6.01. The molecule has 0 saturated carbocycles. The number of carbonyl (C=O) groups is 1. The summed E-state index contributed by atoms with van der Waals surface area (Å²) in [6.07, 6.45) is -4.05. The molecule has 0 spiro atoms. The van der Waals surface area contributed by atoms with E-state index in [1.54, 1.807) is 24.3 Å². The van der Waals surface area contributed by atoms with Gasteiger partial charge < -0.3 is 15.2 Å². The number of pyridine rings is 1. The van der Waals surface area contributed by atoms with E-state index < -0.39 is 28.9 Å². The van der Waals surface area contributed by atoms with Crippen molar-refractivity contribution < 1.29 is 18.0 Å². The van der Waals surface area contributed by atoms with Gasteiger partial charge in [0.05, 0.1) is 5.56 Å². The van der Waals surface area contributed by atoms with Crippen molar-refractivity contribution in [3.05, 3.63) is 58.0 Å². The highest BCUT2D eigenvalue weighted by atomic mass is 19.4. The molecule has 0 unspecified atom stereocenters. The largest absolute Gasteiger partial charge is 0.417 e. The molecule has 1 aromatic carbocycles. The molecule has 1 heterocycles. The fraction of sp³-hybridized carbons (Fsp3) is 0.333. The lowest BCUT2D eigenvalue weighted by Crippen LogP contribution is -2.30. The molecule has 2 rings (SSSR count). The number of aromatic nitrogens is 1. The van der Waals surface area contributed by atoms with Crippen LogP contribution in [0.25, 0.3) is 0 Å². The first kappa shape index (κ1) is 19.6. The number of benzene rings is 1. The molecule has 8 heteroatoms. The number of nitrogens with one attached hydrogen (secondary N) is 2. The number of hydrogen-bond donors (Lipinski definition) is 2. The van der Waals surface area contributed by atoms with Crippen LogP contribution in [0.3, 0.4) is 0 Å². The van der Waals surface area contributed by atoms with Gasteiger partial charge in [-0.15, -0.1) is 0 Å². The average molecular weight is 367 g/mol. The highest BCUT2D eigenvalue weighted by molar-refractivity contribution is 6.04. The first-order valence-electron chi connectivity index (χ1n) is 8.11. The van der Waals surface area contributed by atoms with E-state index in [0.29, 0.717) is 12.3 Å². The summed E-state index contributed by atoms with van der Waals surface area (Å²) in [5.41, 5.74) is -1.13. The van der Waals surface area contributed by atoms with Gasteiger partial charge in [-0.1, -0.05) is 0 Å². The van der Waals surface area contributed by atoms with Crippen molar-refractivity contribution in [1.82, 2.24) is 4.98 Å². The normalized spacial score (nSPS) is 11.5. The van der Waals surface area contributed by atoms with E-state index in [9.17, 15) is 22.8 Å². The van der Waals surface area contributed by atoms with Crippen molar-refractivity contribution in [1.29, 1.82) is 0 Å². The third-order valence-electron chi connectivity index (χ3n) is 3.90.